The summed E-state index contributed by atoms with van der Waals surface area (Å²) in [4.78, 5) is 8.79. The van der Waals surface area contributed by atoms with Crippen molar-refractivity contribution in [1.29, 1.82) is 0 Å². The first kappa shape index (κ1) is 17.0. The number of rotatable bonds is 5. The largest absolute Gasteiger partial charge is 0.495 e. The SMILES string of the molecule is COc1ccc(-n2ccnc2-c2cnn3cccnc23)cc1NS(C)(=O)=O. The van der Waals surface area contributed by atoms with Crippen LogP contribution in [0.25, 0.3) is 22.7 Å². The molecular formula is C17H16N6O3S. The number of hydrogen-bond donors (Lipinski definition) is 1. The molecule has 0 bridgehead atoms. The summed E-state index contributed by atoms with van der Waals surface area (Å²) in [6, 6.07) is 6.99. The van der Waals surface area contributed by atoms with Crippen molar-refractivity contribution < 1.29 is 13.2 Å². The van der Waals surface area contributed by atoms with Gasteiger partial charge in [-0.1, -0.05) is 0 Å². The number of nitrogens with one attached hydrogen (secondary N) is 1. The summed E-state index contributed by atoms with van der Waals surface area (Å²) in [7, 11) is -1.97. The second kappa shape index (κ2) is 6.40. The van der Waals surface area contributed by atoms with E-state index in [9.17, 15) is 8.42 Å². The zero-order chi connectivity index (χ0) is 19.0. The molecule has 0 unspecified atom stereocenters. The predicted octanol–water partition coefficient (Wildman–Crippen LogP) is 1.96. The Morgan fingerprint density at radius 3 is 2.78 bits per heavy atom. The van der Waals surface area contributed by atoms with Crippen LogP contribution in [0.5, 0.6) is 5.75 Å². The lowest BCUT2D eigenvalue weighted by Crippen LogP contribution is -2.11. The molecule has 3 aromatic heterocycles. The Bertz CT molecular complexity index is 1230. The highest BCUT2D eigenvalue weighted by atomic mass is 32.2. The van der Waals surface area contributed by atoms with E-state index in [1.54, 1.807) is 53.7 Å². The molecule has 0 fully saturated rings. The third-order valence-electron chi connectivity index (χ3n) is 3.92. The molecule has 0 aliphatic heterocycles. The van der Waals surface area contributed by atoms with E-state index in [1.807, 2.05) is 10.6 Å². The molecule has 1 N–H and O–H groups in total. The van der Waals surface area contributed by atoms with E-state index in [2.05, 4.69) is 19.8 Å². The van der Waals surface area contributed by atoms with Gasteiger partial charge in [0.1, 0.15) is 11.6 Å². The van der Waals surface area contributed by atoms with Crippen molar-refractivity contribution in [2.45, 2.75) is 0 Å². The van der Waals surface area contributed by atoms with Gasteiger partial charge in [0.2, 0.25) is 10.0 Å². The predicted molar refractivity (Wildman–Crippen MR) is 101 cm³/mol. The quantitative estimate of drug-likeness (QED) is 0.564. The lowest BCUT2D eigenvalue weighted by atomic mass is 10.2. The number of ether oxygens (including phenoxy) is 1. The minimum atomic E-state index is -3.46. The van der Waals surface area contributed by atoms with E-state index < -0.39 is 10.0 Å². The molecule has 4 rings (SSSR count). The van der Waals surface area contributed by atoms with Crippen LogP contribution < -0.4 is 9.46 Å². The Balaban J connectivity index is 1.84. The van der Waals surface area contributed by atoms with E-state index in [4.69, 9.17) is 4.74 Å². The Kier molecular flexibility index (Phi) is 4.04. The summed E-state index contributed by atoms with van der Waals surface area (Å²) in [6.07, 6.45) is 9.73. The molecule has 4 aromatic rings. The fourth-order valence-corrected chi connectivity index (χ4v) is 3.38. The van der Waals surface area contributed by atoms with Gasteiger partial charge in [-0.3, -0.25) is 9.29 Å². The highest BCUT2D eigenvalue weighted by molar-refractivity contribution is 7.92. The number of imidazole rings is 1. The Hall–Kier alpha value is -3.40. The lowest BCUT2D eigenvalue weighted by molar-refractivity contribution is 0.417. The van der Waals surface area contributed by atoms with Gasteiger partial charge in [-0.25, -0.2) is 22.9 Å². The molecule has 0 spiro atoms. The summed E-state index contributed by atoms with van der Waals surface area (Å²) >= 11 is 0. The van der Waals surface area contributed by atoms with E-state index in [0.29, 0.717) is 28.6 Å². The molecule has 0 saturated carbocycles. The highest BCUT2D eigenvalue weighted by Crippen LogP contribution is 2.30. The molecule has 0 atom stereocenters. The summed E-state index contributed by atoms with van der Waals surface area (Å²) in [5.74, 6) is 1.06. The standard InChI is InChI=1S/C17H16N6O3S/c1-26-15-5-4-12(10-14(15)21-27(2,24)25)22-9-7-19-16(22)13-11-20-23-8-3-6-18-17(13)23/h3-11,21H,1-2H3. The van der Waals surface area contributed by atoms with Crippen molar-refractivity contribution in [3.05, 3.63) is 55.2 Å². The number of aromatic nitrogens is 5. The van der Waals surface area contributed by atoms with Crippen LogP contribution in [-0.2, 0) is 10.0 Å². The van der Waals surface area contributed by atoms with Crippen molar-refractivity contribution in [3.8, 4) is 22.8 Å². The van der Waals surface area contributed by atoms with Crippen molar-refractivity contribution in [2.75, 3.05) is 18.1 Å². The number of methoxy groups -OCH3 is 1. The van der Waals surface area contributed by atoms with Crippen LogP contribution in [0.3, 0.4) is 0 Å². The maximum atomic E-state index is 11.7. The number of sulfonamides is 1. The van der Waals surface area contributed by atoms with E-state index >= 15 is 0 Å². The van der Waals surface area contributed by atoms with Gasteiger partial charge in [0.15, 0.2) is 5.65 Å². The zero-order valence-electron chi connectivity index (χ0n) is 14.6. The topological polar surface area (TPSA) is 103 Å². The molecule has 0 saturated heterocycles. The monoisotopic (exact) mass is 384 g/mol. The third kappa shape index (κ3) is 3.22. The lowest BCUT2D eigenvalue weighted by Gasteiger charge is -2.13. The van der Waals surface area contributed by atoms with E-state index in [0.717, 1.165) is 11.8 Å². The van der Waals surface area contributed by atoms with Gasteiger partial charge in [0.25, 0.3) is 0 Å². The van der Waals surface area contributed by atoms with Crippen molar-refractivity contribution in [2.24, 2.45) is 0 Å². The molecule has 10 heteroatoms. The normalized spacial score (nSPS) is 11.6. The second-order valence-corrected chi connectivity index (χ2v) is 7.57. The van der Waals surface area contributed by atoms with Crippen LogP contribution in [0.2, 0.25) is 0 Å². The fourth-order valence-electron chi connectivity index (χ4n) is 2.82. The molecule has 9 nitrogen and oxygen atoms in total. The van der Waals surface area contributed by atoms with Gasteiger partial charge in [-0.2, -0.15) is 5.10 Å². The Labute approximate surface area is 155 Å². The maximum absolute atomic E-state index is 11.7. The van der Waals surface area contributed by atoms with Crippen molar-refractivity contribution in [3.63, 3.8) is 0 Å². The minimum absolute atomic E-state index is 0.343. The molecule has 0 aliphatic carbocycles. The average molecular weight is 384 g/mol. The first-order valence-corrected chi connectivity index (χ1v) is 9.84. The van der Waals surface area contributed by atoms with Crippen LogP contribution in [-0.4, -0.2) is 45.9 Å². The van der Waals surface area contributed by atoms with Gasteiger partial charge in [0, 0.05) is 30.5 Å². The molecule has 138 valence electrons. The molecule has 1 aromatic carbocycles. The number of hydrogen-bond acceptors (Lipinski definition) is 6. The highest BCUT2D eigenvalue weighted by Gasteiger charge is 2.16. The summed E-state index contributed by atoms with van der Waals surface area (Å²) in [6.45, 7) is 0. The van der Waals surface area contributed by atoms with Crippen LogP contribution in [0.4, 0.5) is 5.69 Å². The molecule has 0 radical (unpaired) electrons. The molecule has 0 aliphatic rings. The molecular weight excluding hydrogens is 368 g/mol. The Morgan fingerprint density at radius 2 is 2.00 bits per heavy atom. The van der Waals surface area contributed by atoms with Crippen molar-refractivity contribution >= 4 is 21.4 Å². The van der Waals surface area contributed by atoms with Gasteiger partial charge >= 0.3 is 0 Å². The number of nitrogens with zero attached hydrogens (tertiary/aromatic N) is 5. The van der Waals surface area contributed by atoms with E-state index in [1.165, 1.54) is 7.11 Å². The molecule has 0 amide bonds. The van der Waals surface area contributed by atoms with Crippen LogP contribution >= 0.6 is 0 Å². The smallest absolute Gasteiger partial charge is 0.229 e. The van der Waals surface area contributed by atoms with E-state index in [-0.39, 0.29) is 0 Å². The second-order valence-electron chi connectivity index (χ2n) is 5.83. The number of benzene rings is 1. The van der Waals surface area contributed by atoms with Gasteiger partial charge in [0.05, 0.1) is 30.8 Å². The fraction of sp³-hybridized carbons (Fsp3) is 0.118. The van der Waals surface area contributed by atoms with Gasteiger partial charge in [-0.15, -0.1) is 0 Å². The molecule has 27 heavy (non-hydrogen) atoms. The van der Waals surface area contributed by atoms with Gasteiger partial charge < -0.3 is 4.74 Å². The van der Waals surface area contributed by atoms with Gasteiger partial charge in [-0.05, 0) is 24.3 Å². The summed E-state index contributed by atoms with van der Waals surface area (Å²) in [5, 5.41) is 4.29. The van der Waals surface area contributed by atoms with Crippen LogP contribution in [0.15, 0.2) is 55.2 Å². The zero-order valence-corrected chi connectivity index (χ0v) is 15.4. The first-order valence-electron chi connectivity index (χ1n) is 7.94. The van der Waals surface area contributed by atoms with Crippen LogP contribution in [0.1, 0.15) is 0 Å². The molecule has 3 heterocycles. The summed E-state index contributed by atoms with van der Waals surface area (Å²) < 4.78 is 34.5. The maximum Gasteiger partial charge on any atom is 0.229 e. The average Bonchev–Trinajstić information content (AvgIpc) is 3.26. The third-order valence-corrected chi connectivity index (χ3v) is 4.51. The number of fused-ring (bicyclic) bond motifs is 1. The number of anilines is 1. The first-order chi connectivity index (χ1) is 13.0. The Morgan fingerprint density at radius 1 is 1.15 bits per heavy atom. The van der Waals surface area contributed by atoms with Crippen LogP contribution in [0, 0.1) is 0 Å². The summed E-state index contributed by atoms with van der Waals surface area (Å²) in [5.41, 5.74) is 2.49. The van der Waals surface area contributed by atoms with Crippen molar-refractivity contribution in [1.82, 2.24) is 24.1 Å². The minimum Gasteiger partial charge on any atom is -0.495 e.